The van der Waals surface area contributed by atoms with Crippen LogP contribution in [-0.2, 0) is 0 Å². The van der Waals surface area contributed by atoms with Crippen LogP contribution in [-0.4, -0.2) is 4.57 Å². The standard InChI is InChI=1S/C52H31N/c1-2-13-32(14-3-1)35-29-36(39-22-12-24-41-40-23-10-16-34-17-11-25-45(48(34)40)50(39)41)31-37(30-35)53-47-26-9-8-21-44(47)51-46-28-27-33-15-4-5-18-38(33)49(46)42-19-6-7-20-43(42)52(51)53/h1-31H. The smallest absolute Gasteiger partial charge is 0.0625 e. The Morgan fingerprint density at radius 3 is 1.81 bits per heavy atom. The maximum Gasteiger partial charge on any atom is 0.0625 e. The van der Waals surface area contributed by atoms with Crippen LogP contribution in [0.1, 0.15) is 0 Å². The fraction of sp³-hybridized carbons (Fsp3) is 0. The third-order valence-corrected chi connectivity index (χ3v) is 11.6. The zero-order chi connectivity index (χ0) is 34.6. The molecule has 1 aromatic heterocycles. The van der Waals surface area contributed by atoms with E-state index in [9.17, 15) is 0 Å². The zero-order valence-electron chi connectivity index (χ0n) is 28.8. The summed E-state index contributed by atoms with van der Waals surface area (Å²) in [5.41, 5.74) is 13.8. The van der Waals surface area contributed by atoms with Crippen LogP contribution in [0.25, 0.3) is 115 Å². The monoisotopic (exact) mass is 669 g/mol. The Balaban J connectivity index is 1.23. The molecule has 0 aliphatic heterocycles. The molecular weight excluding hydrogens is 639 g/mol. The molecule has 1 aliphatic rings. The van der Waals surface area contributed by atoms with Gasteiger partial charge in [-0.2, -0.15) is 0 Å². The molecule has 1 heteroatoms. The van der Waals surface area contributed by atoms with E-state index in [0.29, 0.717) is 0 Å². The summed E-state index contributed by atoms with van der Waals surface area (Å²) in [5, 5.41) is 12.9. The highest BCUT2D eigenvalue weighted by atomic mass is 15.0. The fourth-order valence-corrected chi connectivity index (χ4v) is 9.49. The molecule has 1 nitrogen and oxygen atoms in total. The molecular formula is C52H31N. The highest BCUT2D eigenvalue weighted by Gasteiger charge is 2.25. The van der Waals surface area contributed by atoms with Gasteiger partial charge in [-0.3, -0.25) is 0 Å². The predicted molar refractivity (Wildman–Crippen MR) is 226 cm³/mol. The van der Waals surface area contributed by atoms with E-state index in [-0.39, 0.29) is 0 Å². The van der Waals surface area contributed by atoms with Crippen molar-refractivity contribution in [3.63, 3.8) is 0 Å². The summed E-state index contributed by atoms with van der Waals surface area (Å²) < 4.78 is 2.54. The summed E-state index contributed by atoms with van der Waals surface area (Å²) in [6.45, 7) is 0. The maximum atomic E-state index is 2.54. The van der Waals surface area contributed by atoms with Crippen LogP contribution in [0.4, 0.5) is 0 Å². The van der Waals surface area contributed by atoms with Crippen molar-refractivity contribution in [2.24, 2.45) is 0 Å². The molecule has 0 radical (unpaired) electrons. The molecule has 0 N–H and O–H groups in total. The first kappa shape index (κ1) is 28.7. The Labute approximate surface area is 306 Å². The lowest BCUT2D eigenvalue weighted by atomic mass is 9.91. The normalized spacial score (nSPS) is 12.2. The van der Waals surface area contributed by atoms with E-state index in [2.05, 4.69) is 193 Å². The SMILES string of the molecule is c1ccc(-c2cc(-c3cccc4c3-c3cccc5cccc-4c35)cc(-n3c4ccccc4c4c5ccc6ccccc6c5c5ccccc5c43)c2)cc1. The summed E-state index contributed by atoms with van der Waals surface area (Å²) in [5.74, 6) is 0. The molecule has 244 valence electrons. The molecule has 12 rings (SSSR count). The third kappa shape index (κ3) is 3.97. The van der Waals surface area contributed by atoms with Crippen LogP contribution >= 0.6 is 0 Å². The van der Waals surface area contributed by atoms with Crippen LogP contribution in [0.15, 0.2) is 188 Å². The second kappa shape index (κ2) is 10.8. The van der Waals surface area contributed by atoms with E-state index >= 15 is 0 Å². The van der Waals surface area contributed by atoms with Crippen LogP contribution in [0.5, 0.6) is 0 Å². The number of para-hydroxylation sites is 1. The number of benzene rings is 10. The van der Waals surface area contributed by atoms with Crippen LogP contribution in [0, 0.1) is 0 Å². The number of hydrogen-bond donors (Lipinski definition) is 0. The van der Waals surface area contributed by atoms with Crippen LogP contribution < -0.4 is 0 Å². The Hall–Kier alpha value is -6.96. The summed E-state index contributed by atoms with van der Waals surface area (Å²) in [4.78, 5) is 0. The second-order valence-electron chi connectivity index (χ2n) is 14.4. The van der Waals surface area contributed by atoms with Crippen LogP contribution in [0.3, 0.4) is 0 Å². The van der Waals surface area contributed by atoms with E-state index in [1.807, 2.05) is 0 Å². The molecule has 1 heterocycles. The zero-order valence-corrected chi connectivity index (χ0v) is 28.8. The molecule has 11 aromatic rings. The molecule has 0 fully saturated rings. The Morgan fingerprint density at radius 2 is 0.943 bits per heavy atom. The first-order chi connectivity index (χ1) is 26.3. The van der Waals surface area contributed by atoms with Gasteiger partial charge in [0.05, 0.1) is 11.0 Å². The van der Waals surface area contributed by atoms with Crippen molar-refractivity contribution < 1.29 is 0 Å². The molecule has 0 saturated heterocycles. The number of aromatic nitrogens is 1. The summed E-state index contributed by atoms with van der Waals surface area (Å²) >= 11 is 0. The molecule has 0 atom stereocenters. The number of hydrogen-bond acceptors (Lipinski definition) is 0. The average molecular weight is 670 g/mol. The minimum atomic E-state index is 1.16. The number of rotatable bonds is 3. The average Bonchev–Trinajstić information content (AvgIpc) is 3.76. The molecule has 0 amide bonds. The predicted octanol–water partition coefficient (Wildman–Crippen LogP) is 14.4. The summed E-state index contributed by atoms with van der Waals surface area (Å²) in [6, 6.07) is 69.8. The number of nitrogens with zero attached hydrogens (tertiary/aromatic N) is 1. The maximum absolute atomic E-state index is 2.54. The first-order valence-electron chi connectivity index (χ1n) is 18.4. The van der Waals surface area contributed by atoms with Gasteiger partial charge in [0.2, 0.25) is 0 Å². The summed E-state index contributed by atoms with van der Waals surface area (Å²) in [7, 11) is 0. The van der Waals surface area contributed by atoms with E-state index in [1.165, 1.54) is 109 Å². The largest absolute Gasteiger partial charge is 0.309 e. The molecule has 0 bridgehead atoms. The van der Waals surface area contributed by atoms with E-state index < -0.39 is 0 Å². The third-order valence-electron chi connectivity index (χ3n) is 11.6. The molecule has 0 spiro atoms. The highest BCUT2D eigenvalue weighted by Crippen LogP contribution is 2.52. The Kier molecular flexibility index (Phi) is 5.84. The number of fused-ring (bicyclic) bond motifs is 13. The minimum absolute atomic E-state index is 1.16. The van der Waals surface area contributed by atoms with Crippen LogP contribution in [0.2, 0.25) is 0 Å². The lowest BCUT2D eigenvalue weighted by Crippen LogP contribution is -1.97. The first-order valence-corrected chi connectivity index (χ1v) is 18.4. The lowest BCUT2D eigenvalue weighted by molar-refractivity contribution is 1.19. The van der Waals surface area contributed by atoms with Crippen molar-refractivity contribution in [3.05, 3.63) is 188 Å². The van der Waals surface area contributed by atoms with Crippen molar-refractivity contribution in [2.75, 3.05) is 0 Å². The van der Waals surface area contributed by atoms with Gasteiger partial charge in [0, 0.05) is 21.8 Å². The second-order valence-corrected chi connectivity index (χ2v) is 14.4. The van der Waals surface area contributed by atoms with Crippen molar-refractivity contribution in [2.45, 2.75) is 0 Å². The van der Waals surface area contributed by atoms with Crippen molar-refractivity contribution in [1.29, 1.82) is 0 Å². The topological polar surface area (TPSA) is 4.93 Å². The molecule has 0 unspecified atom stereocenters. The Morgan fingerprint density at radius 1 is 0.302 bits per heavy atom. The van der Waals surface area contributed by atoms with Crippen molar-refractivity contribution >= 4 is 64.9 Å². The van der Waals surface area contributed by atoms with Gasteiger partial charge < -0.3 is 4.57 Å². The lowest BCUT2D eigenvalue weighted by Gasteiger charge is -2.17. The van der Waals surface area contributed by atoms with Gasteiger partial charge in [0.25, 0.3) is 0 Å². The quantitative estimate of drug-likeness (QED) is 0.165. The molecule has 53 heavy (non-hydrogen) atoms. The van der Waals surface area contributed by atoms with Crippen molar-refractivity contribution in [3.8, 4) is 50.2 Å². The van der Waals surface area contributed by atoms with Crippen molar-refractivity contribution in [1.82, 2.24) is 4.57 Å². The van der Waals surface area contributed by atoms with Gasteiger partial charge in [-0.15, -0.1) is 0 Å². The van der Waals surface area contributed by atoms with Gasteiger partial charge in [0.1, 0.15) is 0 Å². The fourth-order valence-electron chi connectivity index (χ4n) is 9.49. The highest BCUT2D eigenvalue weighted by molar-refractivity contribution is 6.36. The molecule has 0 saturated carbocycles. The van der Waals surface area contributed by atoms with Gasteiger partial charge in [-0.25, -0.2) is 0 Å². The van der Waals surface area contributed by atoms with E-state index in [0.717, 1.165) is 5.69 Å². The van der Waals surface area contributed by atoms with Gasteiger partial charge in [-0.1, -0.05) is 164 Å². The molecule has 10 aromatic carbocycles. The Bertz CT molecular complexity index is 3320. The van der Waals surface area contributed by atoms with E-state index in [4.69, 9.17) is 0 Å². The van der Waals surface area contributed by atoms with Gasteiger partial charge in [0.15, 0.2) is 0 Å². The van der Waals surface area contributed by atoms with Gasteiger partial charge in [-0.05, 0) is 106 Å². The van der Waals surface area contributed by atoms with E-state index in [1.54, 1.807) is 0 Å². The summed E-state index contributed by atoms with van der Waals surface area (Å²) in [6.07, 6.45) is 0. The minimum Gasteiger partial charge on any atom is -0.309 e. The molecule has 1 aliphatic carbocycles. The van der Waals surface area contributed by atoms with Gasteiger partial charge >= 0.3 is 0 Å².